The number of hydrogen-bond acceptors (Lipinski definition) is 5. The molecule has 3 rings (SSSR count). The number of carbonyl (C=O) groups is 2. The lowest BCUT2D eigenvalue weighted by Crippen LogP contribution is -2.49. The van der Waals surface area contributed by atoms with Crippen molar-refractivity contribution in [1.82, 2.24) is 24.6 Å². The summed E-state index contributed by atoms with van der Waals surface area (Å²) in [4.78, 5) is 35.0. The molecular weight excluding hydrogens is 358 g/mol. The third-order valence-corrected chi connectivity index (χ3v) is 5.55. The maximum absolute atomic E-state index is 13.0. The van der Waals surface area contributed by atoms with E-state index in [-0.39, 0.29) is 18.4 Å². The molecule has 1 aliphatic rings. The van der Waals surface area contributed by atoms with Gasteiger partial charge in [-0.3, -0.25) is 9.59 Å². The van der Waals surface area contributed by atoms with Gasteiger partial charge in [0.2, 0.25) is 5.91 Å². The minimum atomic E-state index is -0.836. The van der Waals surface area contributed by atoms with Crippen molar-refractivity contribution in [2.45, 2.75) is 59.9 Å². The molecule has 1 saturated heterocycles. The van der Waals surface area contributed by atoms with E-state index in [0.29, 0.717) is 25.3 Å². The Morgan fingerprint density at radius 3 is 2.43 bits per heavy atom. The van der Waals surface area contributed by atoms with Crippen LogP contribution in [0.25, 0.3) is 5.95 Å². The quantitative estimate of drug-likeness (QED) is 0.865. The lowest BCUT2D eigenvalue weighted by molar-refractivity contribution is -0.148. The van der Waals surface area contributed by atoms with Crippen molar-refractivity contribution in [1.29, 1.82) is 0 Å². The molecule has 0 spiro atoms. The number of hydrogen-bond donors (Lipinski definition) is 1. The molecule has 0 bridgehead atoms. The first-order chi connectivity index (χ1) is 13.2. The second-order valence-corrected chi connectivity index (χ2v) is 7.60. The summed E-state index contributed by atoms with van der Waals surface area (Å²) in [5, 5.41) is 13.9. The highest BCUT2D eigenvalue weighted by Crippen LogP contribution is 2.25. The fourth-order valence-electron chi connectivity index (χ4n) is 4.01. The number of nitrogens with zero attached hydrogens (tertiary/aromatic N) is 5. The molecule has 0 radical (unpaired) electrons. The molecule has 1 N–H and O–H groups in total. The van der Waals surface area contributed by atoms with E-state index >= 15 is 0 Å². The lowest BCUT2D eigenvalue weighted by atomic mass is 9.90. The molecule has 0 saturated carbocycles. The first-order valence-electron chi connectivity index (χ1n) is 9.59. The maximum atomic E-state index is 13.0. The van der Waals surface area contributed by atoms with E-state index in [0.717, 1.165) is 28.3 Å². The number of aryl methyl sites for hydroxylation is 3. The van der Waals surface area contributed by atoms with Crippen molar-refractivity contribution in [3.63, 3.8) is 0 Å². The third-order valence-electron chi connectivity index (χ3n) is 5.55. The summed E-state index contributed by atoms with van der Waals surface area (Å²) in [7, 11) is 0. The second kappa shape index (κ2) is 7.69. The van der Waals surface area contributed by atoms with Crippen molar-refractivity contribution in [2.24, 2.45) is 5.92 Å². The number of aliphatic carboxylic acids is 1. The standard InChI is InChI=1S/C20H27N5O3/c1-11-9-12(2)22-20(21-11)25-15(5)17(13(3)23-25)10-18(26)24-8-6-7-16(14(24)4)19(27)28/h9,14,16H,6-8,10H2,1-5H3,(H,27,28)/t14-,16-/m1/s1. The number of aromatic nitrogens is 4. The van der Waals surface area contributed by atoms with Gasteiger partial charge in [-0.1, -0.05) is 0 Å². The number of carboxylic acid groups (broad SMARTS) is 1. The zero-order chi connectivity index (χ0) is 20.6. The van der Waals surface area contributed by atoms with Crippen LogP contribution < -0.4 is 0 Å². The van der Waals surface area contributed by atoms with Crippen molar-refractivity contribution < 1.29 is 14.7 Å². The SMILES string of the molecule is Cc1cc(C)nc(-n2nc(C)c(CC(=O)N3CCC[C@@H](C(=O)O)[C@H]3C)c2C)n1. The van der Waals surface area contributed by atoms with E-state index in [2.05, 4.69) is 15.1 Å². The Hall–Kier alpha value is -2.77. The highest BCUT2D eigenvalue weighted by molar-refractivity contribution is 5.81. The van der Waals surface area contributed by atoms with Crippen LogP contribution in [0, 0.1) is 33.6 Å². The molecule has 1 fully saturated rings. The van der Waals surface area contributed by atoms with E-state index in [1.165, 1.54) is 0 Å². The zero-order valence-electron chi connectivity index (χ0n) is 17.1. The Labute approximate surface area is 164 Å². The van der Waals surface area contributed by atoms with Crippen molar-refractivity contribution >= 4 is 11.9 Å². The summed E-state index contributed by atoms with van der Waals surface area (Å²) < 4.78 is 1.68. The molecule has 0 unspecified atom stereocenters. The van der Waals surface area contributed by atoms with Crippen LogP contribution in [0.4, 0.5) is 0 Å². The van der Waals surface area contributed by atoms with Gasteiger partial charge in [0, 0.05) is 35.2 Å². The largest absolute Gasteiger partial charge is 0.481 e. The smallest absolute Gasteiger partial charge is 0.308 e. The van der Waals surface area contributed by atoms with Crippen LogP contribution in [0.1, 0.15) is 48.1 Å². The van der Waals surface area contributed by atoms with E-state index in [1.807, 2.05) is 40.7 Å². The fraction of sp³-hybridized carbons (Fsp3) is 0.550. The third kappa shape index (κ3) is 3.76. The lowest BCUT2D eigenvalue weighted by Gasteiger charge is -2.37. The van der Waals surface area contributed by atoms with Crippen molar-refractivity contribution in [3.8, 4) is 5.95 Å². The summed E-state index contributed by atoms with van der Waals surface area (Å²) in [6.07, 6.45) is 1.51. The van der Waals surface area contributed by atoms with Gasteiger partial charge in [-0.05, 0) is 53.5 Å². The molecule has 2 aromatic heterocycles. The molecule has 150 valence electrons. The molecule has 1 aliphatic heterocycles. The number of carboxylic acids is 1. The highest BCUT2D eigenvalue weighted by atomic mass is 16.4. The number of rotatable bonds is 4. The second-order valence-electron chi connectivity index (χ2n) is 7.60. The van der Waals surface area contributed by atoms with Gasteiger partial charge >= 0.3 is 5.97 Å². The summed E-state index contributed by atoms with van der Waals surface area (Å²) in [6.45, 7) is 10.0. The Morgan fingerprint density at radius 2 is 1.82 bits per heavy atom. The Morgan fingerprint density at radius 1 is 1.18 bits per heavy atom. The molecule has 0 aromatic carbocycles. The van der Waals surface area contributed by atoms with Crippen LogP contribution >= 0.6 is 0 Å². The van der Waals surface area contributed by atoms with E-state index in [1.54, 1.807) is 9.58 Å². The van der Waals surface area contributed by atoms with Gasteiger partial charge in [0.05, 0.1) is 18.0 Å². The van der Waals surface area contributed by atoms with Gasteiger partial charge in [-0.15, -0.1) is 0 Å². The first kappa shape index (κ1) is 20.0. The minimum Gasteiger partial charge on any atom is -0.481 e. The topological polar surface area (TPSA) is 101 Å². The van der Waals surface area contributed by atoms with Gasteiger partial charge in [0.1, 0.15) is 0 Å². The molecule has 8 heteroatoms. The van der Waals surface area contributed by atoms with Gasteiger partial charge in [0.25, 0.3) is 5.95 Å². The summed E-state index contributed by atoms with van der Waals surface area (Å²) in [5.74, 6) is -0.914. The van der Waals surface area contributed by atoms with Crippen molar-refractivity contribution in [3.05, 3.63) is 34.4 Å². The molecule has 3 heterocycles. The predicted octanol–water partition coefficient (Wildman–Crippen LogP) is 2.15. The number of amides is 1. The van der Waals surface area contributed by atoms with Crippen LogP contribution in [0.5, 0.6) is 0 Å². The molecule has 28 heavy (non-hydrogen) atoms. The van der Waals surface area contributed by atoms with Gasteiger partial charge in [-0.2, -0.15) is 5.10 Å². The van der Waals surface area contributed by atoms with Gasteiger partial charge in [0.15, 0.2) is 0 Å². The molecule has 2 atom stereocenters. The molecule has 2 aromatic rings. The number of carbonyl (C=O) groups excluding carboxylic acids is 1. The van der Waals surface area contributed by atoms with Crippen molar-refractivity contribution in [2.75, 3.05) is 6.54 Å². The Kier molecular flexibility index (Phi) is 5.49. The van der Waals surface area contributed by atoms with E-state index in [9.17, 15) is 14.7 Å². The highest BCUT2D eigenvalue weighted by Gasteiger charge is 2.35. The summed E-state index contributed by atoms with van der Waals surface area (Å²) in [5.41, 5.74) is 4.14. The number of likely N-dealkylation sites (tertiary alicyclic amines) is 1. The molecular formula is C20H27N5O3. The normalized spacial score (nSPS) is 19.7. The van der Waals surface area contributed by atoms with Crippen LogP contribution in [0.2, 0.25) is 0 Å². The zero-order valence-corrected chi connectivity index (χ0v) is 17.1. The Balaban J connectivity index is 1.86. The van der Waals surface area contributed by atoms with Crippen LogP contribution in [0.15, 0.2) is 6.07 Å². The van der Waals surface area contributed by atoms with E-state index in [4.69, 9.17) is 0 Å². The monoisotopic (exact) mass is 385 g/mol. The predicted molar refractivity (Wildman–Crippen MR) is 103 cm³/mol. The average Bonchev–Trinajstić information content (AvgIpc) is 2.89. The van der Waals surface area contributed by atoms with Gasteiger partial charge in [-0.25, -0.2) is 14.6 Å². The van der Waals surface area contributed by atoms with E-state index < -0.39 is 11.9 Å². The fourth-order valence-corrected chi connectivity index (χ4v) is 4.01. The van der Waals surface area contributed by atoms with Gasteiger partial charge < -0.3 is 10.0 Å². The Bertz CT molecular complexity index is 901. The average molecular weight is 385 g/mol. The number of piperidine rings is 1. The first-order valence-corrected chi connectivity index (χ1v) is 9.59. The van der Waals surface area contributed by atoms with Crippen LogP contribution in [0.3, 0.4) is 0 Å². The molecule has 0 aliphatic carbocycles. The maximum Gasteiger partial charge on any atom is 0.308 e. The summed E-state index contributed by atoms with van der Waals surface area (Å²) >= 11 is 0. The van der Waals surface area contributed by atoms with Crippen LogP contribution in [-0.4, -0.2) is 54.2 Å². The molecule has 8 nitrogen and oxygen atoms in total. The summed E-state index contributed by atoms with van der Waals surface area (Å²) in [6, 6.07) is 1.59. The minimum absolute atomic E-state index is 0.0643. The van der Waals surface area contributed by atoms with Crippen LogP contribution in [-0.2, 0) is 16.0 Å². The molecule has 1 amide bonds.